The molecule has 1 atom stereocenters. The predicted octanol–water partition coefficient (Wildman–Crippen LogP) is 0.865. The van der Waals surface area contributed by atoms with Gasteiger partial charge < -0.3 is 10.2 Å². The fourth-order valence-corrected chi connectivity index (χ4v) is 3.21. The molecule has 0 aliphatic heterocycles. The Labute approximate surface area is 124 Å². The number of nitro benzene ring substituents is 1. The van der Waals surface area contributed by atoms with Gasteiger partial charge in [0.2, 0.25) is 10.0 Å². The molecule has 0 spiro atoms. The van der Waals surface area contributed by atoms with E-state index >= 15 is 0 Å². The van der Waals surface area contributed by atoms with Crippen molar-refractivity contribution < 1.29 is 13.3 Å². The molecule has 1 aromatic rings. The lowest BCUT2D eigenvalue weighted by molar-refractivity contribution is -0.384. The number of hydrogen-bond acceptors (Lipinski definition) is 6. The quantitative estimate of drug-likeness (QED) is 0.571. The van der Waals surface area contributed by atoms with Crippen molar-refractivity contribution in [1.29, 1.82) is 0 Å². The zero-order valence-corrected chi connectivity index (χ0v) is 13.3. The van der Waals surface area contributed by atoms with Gasteiger partial charge in [0.1, 0.15) is 5.69 Å². The average molecular weight is 316 g/mol. The summed E-state index contributed by atoms with van der Waals surface area (Å²) in [5, 5.41) is 13.6. The van der Waals surface area contributed by atoms with Crippen LogP contribution in [0.3, 0.4) is 0 Å². The Morgan fingerprint density at radius 3 is 2.48 bits per heavy atom. The molecule has 118 valence electrons. The summed E-state index contributed by atoms with van der Waals surface area (Å²) in [5.41, 5.74) is -0.0130. The van der Waals surface area contributed by atoms with Gasteiger partial charge in [-0.25, -0.2) is 13.1 Å². The van der Waals surface area contributed by atoms with Gasteiger partial charge in [0.15, 0.2) is 0 Å². The number of sulfonamides is 1. The number of benzene rings is 1. The standard InChI is InChI=1S/C12H20N4O4S/c1-9(8-15(3)4)14-21(19,20)10-5-6-11(13-2)12(7-10)16(17)18/h5-7,9,13-14H,8H2,1-4H3. The Hall–Kier alpha value is -1.71. The molecule has 0 saturated heterocycles. The summed E-state index contributed by atoms with van der Waals surface area (Å²) in [6, 6.07) is 3.46. The molecule has 0 radical (unpaired) electrons. The Morgan fingerprint density at radius 1 is 1.38 bits per heavy atom. The van der Waals surface area contributed by atoms with Crippen LogP contribution in [0.2, 0.25) is 0 Å². The van der Waals surface area contributed by atoms with Crippen LogP contribution in [0.1, 0.15) is 6.92 Å². The van der Waals surface area contributed by atoms with Crippen molar-refractivity contribution in [3.05, 3.63) is 28.3 Å². The molecule has 1 aromatic carbocycles. The van der Waals surface area contributed by atoms with E-state index in [1.54, 1.807) is 6.92 Å². The molecule has 0 aliphatic rings. The maximum atomic E-state index is 12.2. The third-order valence-electron chi connectivity index (χ3n) is 2.74. The molecule has 9 heteroatoms. The van der Waals surface area contributed by atoms with Gasteiger partial charge in [-0.05, 0) is 33.2 Å². The first-order chi connectivity index (χ1) is 9.67. The summed E-state index contributed by atoms with van der Waals surface area (Å²) in [4.78, 5) is 12.1. The van der Waals surface area contributed by atoms with Crippen molar-refractivity contribution in [1.82, 2.24) is 9.62 Å². The number of likely N-dealkylation sites (N-methyl/N-ethyl adjacent to an activating group) is 1. The van der Waals surface area contributed by atoms with Crippen LogP contribution < -0.4 is 10.0 Å². The first-order valence-corrected chi connectivity index (χ1v) is 7.79. The molecule has 0 aliphatic carbocycles. The molecule has 1 rings (SSSR count). The van der Waals surface area contributed by atoms with Crippen molar-refractivity contribution in [3.63, 3.8) is 0 Å². The second-order valence-electron chi connectivity index (χ2n) is 4.97. The monoisotopic (exact) mass is 316 g/mol. The van der Waals surface area contributed by atoms with Gasteiger partial charge in [0.05, 0.1) is 9.82 Å². The molecule has 0 heterocycles. The molecule has 21 heavy (non-hydrogen) atoms. The number of anilines is 1. The van der Waals surface area contributed by atoms with Crippen LogP contribution in [0, 0.1) is 10.1 Å². The molecule has 1 unspecified atom stereocenters. The van der Waals surface area contributed by atoms with Gasteiger partial charge >= 0.3 is 0 Å². The first-order valence-electron chi connectivity index (χ1n) is 6.30. The lowest BCUT2D eigenvalue weighted by atomic mass is 10.3. The number of nitro groups is 1. The van der Waals surface area contributed by atoms with E-state index in [0.717, 1.165) is 6.07 Å². The molecular formula is C12H20N4O4S. The highest BCUT2D eigenvalue weighted by molar-refractivity contribution is 7.89. The van der Waals surface area contributed by atoms with Crippen LogP contribution in [-0.2, 0) is 10.0 Å². The summed E-state index contributed by atoms with van der Waals surface area (Å²) in [7, 11) is 1.40. The molecule has 0 amide bonds. The van der Waals surface area contributed by atoms with E-state index in [0.29, 0.717) is 6.54 Å². The number of rotatable bonds is 7. The Balaban J connectivity index is 3.09. The zero-order valence-electron chi connectivity index (χ0n) is 12.5. The van der Waals surface area contributed by atoms with E-state index in [4.69, 9.17) is 0 Å². The molecule has 2 N–H and O–H groups in total. The van der Waals surface area contributed by atoms with Crippen LogP contribution in [0.4, 0.5) is 11.4 Å². The van der Waals surface area contributed by atoms with Crippen LogP contribution in [-0.4, -0.2) is 52.0 Å². The topological polar surface area (TPSA) is 105 Å². The maximum absolute atomic E-state index is 12.2. The van der Waals surface area contributed by atoms with E-state index in [1.165, 1.54) is 19.2 Å². The van der Waals surface area contributed by atoms with Crippen molar-refractivity contribution >= 4 is 21.4 Å². The van der Waals surface area contributed by atoms with Crippen molar-refractivity contribution in [2.75, 3.05) is 33.0 Å². The second-order valence-corrected chi connectivity index (χ2v) is 6.68. The van der Waals surface area contributed by atoms with Gasteiger partial charge in [-0.3, -0.25) is 10.1 Å². The number of nitrogens with zero attached hydrogens (tertiary/aromatic N) is 2. The Morgan fingerprint density at radius 2 is 2.00 bits per heavy atom. The molecule has 0 saturated carbocycles. The minimum atomic E-state index is -3.80. The van der Waals surface area contributed by atoms with Gasteiger partial charge in [-0.15, -0.1) is 0 Å². The molecule has 0 aromatic heterocycles. The molecule has 0 fully saturated rings. The molecule has 8 nitrogen and oxygen atoms in total. The summed E-state index contributed by atoms with van der Waals surface area (Å²) in [6.07, 6.45) is 0. The summed E-state index contributed by atoms with van der Waals surface area (Å²) < 4.78 is 26.9. The minimum Gasteiger partial charge on any atom is -0.383 e. The summed E-state index contributed by atoms with van der Waals surface area (Å²) in [5.74, 6) is 0. The van der Waals surface area contributed by atoms with Crippen molar-refractivity contribution in [2.45, 2.75) is 17.9 Å². The summed E-state index contributed by atoms with van der Waals surface area (Å²) in [6.45, 7) is 2.25. The highest BCUT2D eigenvalue weighted by Gasteiger charge is 2.22. The largest absolute Gasteiger partial charge is 0.383 e. The molecule has 0 bridgehead atoms. The first kappa shape index (κ1) is 17.3. The van der Waals surface area contributed by atoms with E-state index in [1.807, 2.05) is 19.0 Å². The number of hydrogen-bond donors (Lipinski definition) is 2. The lowest BCUT2D eigenvalue weighted by Gasteiger charge is -2.18. The van der Waals surface area contributed by atoms with Crippen LogP contribution >= 0.6 is 0 Å². The van der Waals surface area contributed by atoms with E-state index in [9.17, 15) is 18.5 Å². The van der Waals surface area contributed by atoms with Crippen LogP contribution in [0.15, 0.2) is 23.1 Å². The van der Waals surface area contributed by atoms with Crippen molar-refractivity contribution in [2.24, 2.45) is 0 Å². The average Bonchev–Trinajstić information content (AvgIpc) is 2.35. The van der Waals surface area contributed by atoms with Gasteiger partial charge in [0, 0.05) is 25.7 Å². The zero-order chi connectivity index (χ0) is 16.2. The lowest BCUT2D eigenvalue weighted by Crippen LogP contribution is -2.39. The van der Waals surface area contributed by atoms with Gasteiger partial charge in [-0.2, -0.15) is 0 Å². The third kappa shape index (κ3) is 4.66. The predicted molar refractivity (Wildman–Crippen MR) is 81.0 cm³/mol. The fraction of sp³-hybridized carbons (Fsp3) is 0.500. The minimum absolute atomic E-state index is 0.126. The van der Waals surface area contributed by atoms with Crippen molar-refractivity contribution in [3.8, 4) is 0 Å². The van der Waals surface area contributed by atoms with E-state index in [-0.39, 0.29) is 22.3 Å². The summed E-state index contributed by atoms with van der Waals surface area (Å²) >= 11 is 0. The normalized spacial score (nSPS) is 13.2. The second kappa shape index (κ2) is 6.83. The maximum Gasteiger partial charge on any atom is 0.293 e. The van der Waals surface area contributed by atoms with Crippen LogP contribution in [0.25, 0.3) is 0 Å². The third-order valence-corrected chi connectivity index (χ3v) is 4.33. The van der Waals surface area contributed by atoms with E-state index < -0.39 is 14.9 Å². The molecular weight excluding hydrogens is 296 g/mol. The Bertz CT molecular complexity index is 616. The Kier molecular flexibility index (Phi) is 5.64. The fourth-order valence-electron chi connectivity index (χ4n) is 1.96. The van der Waals surface area contributed by atoms with Gasteiger partial charge in [0.25, 0.3) is 5.69 Å². The smallest absolute Gasteiger partial charge is 0.293 e. The highest BCUT2D eigenvalue weighted by atomic mass is 32.2. The highest BCUT2D eigenvalue weighted by Crippen LogP contribution is 2.27. The SMILES string of the molecule is CNc1ccc(S(=O)(=O)NC(C)CN(C)C)cc1[N+](=O)[O-]. The van der Waals surface area contributed by atoms with E-state index in [2.05, 4.69) is 10.0 Å². The van der Waals surface area contributed by atoms with Crippen LogP contribution in [0.5, 0.6) is 0 Å². The number of nitrogens with one attached hydrogen (secondary N) is 2. The van der Waals surface area contributed by atoms with Gasteiger partial charge in [-0.1, -0.05) is 0 Å².